The lowest BCUT2D eigenvalue weighted by Crippen LogP contribution is -2.41. The number of para-hydroxylation sites is 1. The van der Waals surface area contributed by atoms with Crippen molar-refractivity contribution in [2.24, 2.45) is 4.99 Å². The summed E-state index contributed by atoms with van der Waals surface area (Å²) in [6, 6.07) is 8.19. The first-order valence-corrected chi connectivity index (χ1v) is 8.98. The van der Waals surface area contributed by atoms with Gasteiger partial charge < -0.3 is 15.4 Å². The number of ether oxygens (including phenoxy) is 1. The van der Waals surface area contributed by atoms with Crippen LogP contribution in [0.2, 0.25) is 0 Å². The molecular weight excluding hydrogens is 421 g/mol. The molecule has 1 saturated heterocycles. The molecule has 0 aliphatic carbocycles. The second-order valence-electron chi connectivity index (χ2n) is 5.61. The van der Waals surface area contributed by atoms with Gasteiger partial charge in [0.25, 0.3) is 0 Å². The molecule has 0 bridgehead atoms. The van der Waals surface area contributed by atoms with Crippen molar-refractivity contribution >= 4 is 41.7 Å². The number of nitrogens with one attached hydrogen (secondary N) is 2. The number of guanidine groups is 1. The second-order valence-corrected chi connectivity index (χ2v) is 7.02. The highest BCUT2D eigenvalue weighted by Gasteiger charge is 2.16. The summed E-state index contributed by atoms with van der Waals surface area (Å²) in [6.07, 6.45) is 2.65. The van der Waals surface area contributed by atoms with Crippen molar-refractivity contribution in [3.05, 3.63) is 29.8 Å². The van der Waals surface area contributed by atoms with Gasteiger partial charge in [0, 0.05) is 31.3 Å². The van der Waals surface area contributed by atoms with Crippen LogP contribution in [-0.2, 0) is 0 Å². The maximum atomic E-state index is 5.44. The van der Waals surface area contributed by atoms with E-state index in [9.17, 15) is 0 Å². The fraction of sp³-hybridized carbons (Fsp3) is 0.588. The lowest BCUT2D eigenvalue weighted by atomic mass is 10.0. The third-order valence-electron chi connectivity index (χ3n) is 3.99. The standard InChI is InChI=1S/C17H27N3OS.HI/c1-13(15-8-4-5-9-16(15)21-3)11-19-17(18-2)20-12-14-7-6-10-22-14;/h4-5,8-9,13-14H,6-7,10-12H2,1-3H3,(H2,18,19,20);1H. The van der Waals surface area contributed by atoms with Crippen LogP contribution >= 0.6 is 35.7 Å². The van der Waals surface area contributed by atoms with E-state index in [1.807, 2.05) is 19.2 Å². The SMILES string of the molecule is CN=C(NCC1CCCS1)NCC(C)c1ccccc1OC.I. The molecule has 2 N–H and O–H groups in total. The molecule has 1 aromatic rings. The molecule has 0 radical (unpaired) electrons. The minimum atomic E-state index is 0. The monoisotopic (exact) mass is 449 g/mol. The van der Waals surface area contributed by atoms with E-state index < -0.39 is 0 Å². The van der Waals surface area contributed by atoms with E-state index >= 15 is 0 Å². The lowest BCUT2D eigenvalue weighted by molar-refractivity contribution is 0.406. The van der Waals surface area contributed by atoms with Crippen molar-refractivity contribution in [3.63, 3.8) is 0 Å². The molecule has 1 aliphatic rings. The van der Waals surface area contributed by atoms with E-state index in [2.05, 4.69) is 46.4 Å². The number of rotatable bonds is 6. The summed E-state index contributed by atoms with van der Waals surface area (Å²) in [5.41, 5.74) is 1.22. The molecule has 1 heterocycles. The predicted octanol–water partition coefficient (Wildman–Crippen LogP) is 3.48. The Labute approximate surface area is 161 Å². The van der Waals surface area contributed by atoms with Gasteiger partial charge in [-0.1, -0.05) is 25.1 Å². The lowest BCUT2D eigenvalue weighted by Gasteiger charge is -2.19. The third-order valence-corrected chi connectivity index (χ3v) is 5.39. The van der Waals surface area contributed by atoms with Gasteiger partial charge in [-0.3, -0.25) is 4.99 Å². The average molecular weight is 449 g/mol. The van der Waals surface area contributed by atoms with Crippen LogP contribution in [0.4, 0.5) is 0 Å². The topological polar surface area (TPSA) is 45.7 Å². The number of thioether (sulfide) groups is 1. The number of benzene rings is 1. The number of halogens is 1. The van der Waals surface area contributed by atoms with Crippen molar-refractivity contribution in [1.82, 2.24) is 10.6 Å². The summed E-state index contributed by atoms with van der Waals surface area (Å²) in [4.78, 5) is 4.31. The van der Waals surface area contributed by atoms with Gasteiger partial charge in [-0.05, 0) is 30.2 Å². The van der Waals surface area contributed by atoms with Crippen molar-refractivity contribution in [2.45, 2.75) is 30.9 Å². The summed E-state index contributed by atoms with van der Waals surface area (Å²) in [5, 5.41) is 7.58. The van der Waals surface area contributed by atoms with E-state index in [0.29, 0.717) is 5.92 Å². The predicted molar refractivity (Wildman–Crippen MR) is 112 cm³/mol. The Bertz CT molecular complexity index is 492. The number of methoxy groups -OCH3 is 1. The maximum absolute atomic E-state index is 5.44. The average Bonchev–Trinajstić information content (AvgIpc) is 3.08. The van der Waals surface area contributed by atoms with E-state index in [1.54, 1.807) is 7.11 Å². The molecule has 1 aliphatic heterocycles. The number of hydrogen-bond acceptors (Lipinski definition) is 3. The number of aliphatic imine (C=N–C) groups is 1. The van der Waals surface area contributed by atoms with Gasteiger partial charge in [0.15, 0.2) is 5.96 Å². The summed E-state index contributed by atoms with van der Waals surface area (Å²) >= 11 is 2.06. The van der Waals surface area contributed by atoms with E-state index in [0.717, 1.165) is 30.0 Å². The maximum Gasteiger partial charge on any atom is 0.191 e. The van der Waals surface area contributed by atoms with Crippen LogP contribution in [0, 0.1) is 0 Å². The van der Waals surface area contributed by atoms with Crippen molar-refractivity contribution < 1.29 is 4.74 Å². The van der Waals surface area contributed by atoms with Crippen LogP contribution < -0.4 is 15.4 Å². The number of nitrogens with zero attached hydrogens (tertiary/aromatic N) is 1. The molecule has 2 rings (SSSR count). The van der Waals surface area contributed by atoms with E-state index in [-0.39, 0.29) is 24.0 Å². The Hall–Kier alpha value is -0.630. The molecule has 0 aromatic heterocycles. The van der Waals surface area contributed by atoms with Crippen LogP contribution in [-0.4, -0.2) is 44.2 Å². The molecule has 23 heavy (non-hydrogen) atoms. The molecule has 6 heteroatoms. The van der Waals surface area contributed by atoms with Gasteiger partial charge >= 0.3 is 0 Å². The van der Waals surface area contributed by atoms with E-state index in [4.69, 9.17) is 4.74 Å². The first-order valence-electron chi connectivity index (χ1n) is 7.93. The minimum absolute atomic E-state index is 0. The molecule has 2 unspecified atom stereocenters. The summed E-state index contributed by atoms with van der Waals surface area (Å²) in [5.74, 6) is 3.48. The van der Waals surface area contributed by atoms with Gasteiger partial charge in [-0.15, -0.1) is 24.0 Å². The third kappa shape index (κ3) is 6.41. The molecule has 0 amide bonds. The van der Waals surface area contributed by atoms with Crippen LogP contribution in [0.3, 0.4) is 0 Å². The molecule has 0 saturated carbocycles. The van der Waals surface area contributed by atoms with Crippen molar-refractivity contribution in [1.29, 1.82) is 0 Å². The molecule has 1 aromatic carbocycles. The normalized spacial score (nSPS) is 18.9. The highest BCUT2D eigenvalue weighted by molar-refractivity contribution is 14.0. The zero-order valence-electron chi connectivity index (χ0n) is 14.2. The number of hydrogen-bond donors (Lipinski definition) is 2. The zero-order chi connectivity index (χ0) is 15.8. The minimum Gasteiger partial charge on any atom is -0.496 e. The Kier molecular flexibility index (Phi) is 9.78. The summed E-state index contributed by atoms with van der Waals surface area (Å²) in [7, 11) is 3.55. The largest absolute Gasteiger partial charge is 0.496 e. The van der Waals surface area contributed by atoms with Crippen LogP contribution in [0.25, 0.3) is 0 Å². The van der Waals surface area contributed by atoms with E-state index in [1.165, 1.54) is 24.2 Å². The molecule has 130 valence electrons. The summed E-state index contributed by atoms with van der Waals surface area (Å²) < 4.78 is 5.44. The van der Waals surface area contributed by atoms with Gasteiger partial charge in [-0.2, -0.15) is 11.8 Å². The Balaban J connectivity index is 0.00000264. The van der Waals surface area contributed by atoms with Gasteiger partial charge in [0.2, 0.25) is 0 Å². The fourth-order valence-corrected chi connectivity index (χ4v) is 3.87. The first-order chi connectivity index (χ1) is 10.7. The molecular formula is C17H28IN3OS. The van der Waals surface area contributed by atoms with Crippen molar-refractivity contribution in [3.8, 4) is 5.75 Å². The molecule has 4 nitrogen and oxygen atoms in total. The van der Waals surface area contributed by atoms with Gasteiger partial charge in [-0.25, -0.2) is 0 Å². The Morgan fingerprint density at radius 3 is 2.83 bits per heavy atom. The van der Waals surface area contributed by atoms with Crippen LogP contribution in [0.1, 0.15) is 31.2 Å². The highest BCUT2D eigenvalue weighted by atomic mass is 127. The quantitative estimate of drug-likeness (QED) is 0.397. The van der Waals surface area contributed by atoms with Gasteiger partial charge in [0.1, 0.15) is 5.75 Å². The summed E-state index contributed by atoms with van der Waals surface area (Å²) in [6.45, 7) is 4.02. The first kappa shape index (κ1) is 20.4. The Morgan fingerprint density at radius 1 is 1.39 bits per heavy atom. The Morgan fingerprint density at radius 2 is 2.17 bits per heavy atom. The molecule has 0 spiro atoms. The van der Waals surface area contributed by atoms with Gasteiger partial charge in [0.05, 0.1) is 7.11 Å². The molecule has 1 fully saturated rings. The second kappa shape index (κ2) is 11.0. The van der Waals surface area contributed by atoms with Crippen LogP contribution in [0.5, 0.6) is 5.75 Å². The molecule has 2 atom stereocenters. The van der Waals surface area contributed by atoms with Crippen molar-refractivity contribution in [2.75, 3.05) is 33.0 Å². The fourth-order valence-electron chi connectivity index (χ4n) is 2.67. The zero-order valence-corrected chi connectivity index (χ0v) is 17.3. The highest BCUT2D eigenvalue weighted by Crippen LogP contribution is 2.26. The smallest absolute Gasteiger partial charge is 0.191 e. The van der Waals surface area contributed by atoms with Crippen LogP contribution in [0.15, 0.2) is 29.3 Å².